The Morgan fingerprint density at radius 2 is 1.96 bits per heavy atom. The molecule has 1 saturated carbocycles. The van der Waals surface area contributed by atoms with Crippen molar-refractivity contribution in [3.8, 4) is 0 Å². The topological polar surface area (TPSA) is 46.3 Å². The molecule has 24 heavy (non-hydrogen) atoms. The summed E-state index contributed by atoms with van der Waals surface area (Å²) in [6, 6.07) is 7.89. The highest BCUT2D eigenvalue weighted by Gasteiger charge is 2.29. The molecule has 4 rings (SSSR count). The first-order chi connectivity index (χ1) is 11.8. The molecule has 2 aromatic rings. The summed E-state index contributed by atoms with van der Waals surface area (Å²) in [5, 5.41) is 0. The molecule has 128 valence electrons. The highest BCUT2D eigenvalue weighted by molar-refractivity contribution is 5.76. The molecule has 4 nitrogen and oxygen atoms in total. The van der Waals surface area contributed by atoms with Gasteiger partial charge in [-0.05, 0) is 43.7 Å². The highest BCUT2D eigenvalue weighted by atomic mass is 16.3. The molecule has 2 heterocycles. The van der Waals surface area contributed by atoms with Gasteiger partial charge in [0, 0.05) is 19.5 Å². The number of amides is 1. The Hall–Kier alpha value is -1.84. The van der Waals surface area contributed by atoms with Crippen LogP contribution in [0.5, 0.6) is 0 Å². The maximum Gasteiger partial charge on any atom is 0.222 e. The molecule has 1 saturated heterocycles. The maximum absolute atomic E-state index is 12.7. The summed E-state index contributed by atoms with van der Waals surface area (Å²) in [6.45, 7) is 1.65. The van der Waals surface area contributed by atoms with Crippen LogP contribution in [0.15, 0.2) is 28.7 Å². The summed E-state index contributed by atoms with van der Waals surface area (Å²) in [4.78, 5) is 19.4. The summed E-state index contributed by atoms with van der Waals surface area (Å²) in [6.07, 6.45) is 9.23. The van der Waals surface area contributed by atoms with Gasteiger partial charge in [-0.3, -0.25) is 4.79 Å². The Balaban J connectivity index is 1.42. The van der Waals surface area contributed by atoms with E-state index in [9.17, 15) is 4.79 Å². The smallest absolute Gasteiger partial charge is 0.222 e. The minimum atomic E-state index is 0.237. The Morgan fingerprint density at radius 3 is 2.79 bits per heavy atom. The van der Waals surface area contributed by atoms with Gasteiger partial charge < -0.3 is 9.32 Å². The normalized spacial score (nSPS) is 22.8. The molecule has 0 spiro atoms. The van der Waals surface area contributed by atoms with Gasteiger partial charge >= 0.3 is 0 Å². The number of carbonyl (C=O) groups excluding carboxylic acids is 1. The average molecular weight is 326 g/mol. The van der Waals surface area contributed by atoms with Crippen LogP contribution in [0.4, 0.5) is 0 Å². The van der Waals surface area contributed by atoms with Gasteiger partial charge in [-0.2, -0.15) is 0 Å². The second-order valence-electron chi connectivity index (χ2n) is 7.41. The van der Waals surface area contributed by atoms with Gasteiger partial charge in [0.2, 0.25) is 5.91 Å². The van der Waals surface area contributed by atoms with Gasteiger partial charge in [-0.15, -0.1) is 0 Å². The van der Waals surface area contributed by atoms with Crippen LogP contribution in [0.25, 0.3) is 11.1 Å². The first kappa shape index (κ1) is 15.7. The number of piperidine rings is 1. The highest BCUT2D eigenvalue weighted by Crippen LogP contribution is 2.31. The van der Waals surface area contributed by atoms with E-state index >= 15 is 0 Å². The predicted molar refractivity (Wildman–Crippen MR) is 93.8 cm³/mol. The second-order valence-corrected chi connectivity index (χ2v) is 7.41. The van der Waals surface area contributed by atoms with Crippen molar-refractivity contribution < 1.29 is 9.21 Å². The van der Waals surface area contributed by atoms with Crippen molar-refractivity contribution >= 4 is 17.0 Å². The van der Waals surface area contributed by atoms with E-state index in [4.69, 9.17) is 4.42 Å². The van der Waals surface area contributed by atoms with E-state index in [0.29, 0.717) is 11.8 Å². The lowest BCUT2D eigenvalue weighted by molar-refractivity contribution is -0.133. The summed E-state index contributed by atoms with van der Waals surface area (Å²) >= 11 is 0. The fourth-order valence-electron chi connectivity index (χ4n) is 4.24. The molecule has 1 amide bonds. The SMILES string of the molecule is O=C(CC1CCCCC1)N1CCC[C@H](c2nc3ccccc3o2)C1. The largest absolute Gasteiger partial charge is 0.440 e. The van der Waals surface area contributed by atoms with Gasteiger partial charge in [0.15, 0.2) is 11.5 Å². The Kier molecular flexibility index (Phi) is 4.54. The zero-order valence-electron chi connectivity index (χ0n) is 14.2. The lowest BCUT2D eigenvalue weighted by Gasteiger charge is -2.33. The molecule has 1 aliphatic heterocycles. The fourth-order valence-corrected chi connectivity index (χ4v) is 4.24. The van der Waals surface area contributed by atoms with Crippen molar-refractivity contribution in [2.75, 3.05) is 13.1 Å². The molecular weight excluding hydrogens is 300 g/mol. The van der Waals surface area contributed by atoms with Crippen LogP contribution in [0, 0.1) is 5.92 Å². The van der Waals surface area contributed by atoms with E-state index in [-0.39, 0.29) is 5.92 Å². The van der Waals surface area contributed by atoms with Crippen molar-refractivity contribution in [3.05, 3.63) is 30.2 Å². The third kappa shape index (κ3) is 3.33. The van der Waals surface area contributed by atoms with Crippen molar-refractivity contribution in [1.82, 2.24) is 9.88 Å². The monoisotopic (exact) mass is 326 g/mol. The van der Waals surface area contributed by atoms with Crippen LogP contribution in [0.1, 0.15) is 63.2 Å². The van der Waals surface area contributed by atoms with Gasteiger partial charge in [-0.1, -0.05) is 31.4 Å². The molecule has 0 N–H and O–H groups in total. The van der Waals surface area contributed by atoms with Gasteiger partial charge in [0.1, 0.15) is 5.52 Å². The number of hydrogen-bond donors (Lipinski definition) is 0. The fraction of sp³-hybridized carbons (Fsp3) is 0.600. The van der Waals surface area contributed by atoms with Crippen LogP contribution >= 0.6 is 0 Å². The third-order valence-electron chi connectivity index (χ3n) is 5.62. The first-order valence-electron chi connectivity index (χ1n) is 9.43. The van der Waals surface area contributed by atoms with Gasteiger partial charge in [0.05, 0.1) is 5.92 Å². The predicted octanol–water partition coefficient (Wildman–Crippen LogP) is 4.50. The molecule has 1 aliphatic carbocycles. The van der Waals surface area contributed by atoms with Crippen molar-refractivity contribution in [1.29, 1.82) is 0 Å². The molecule has 1 aromatic heterocycles. The lowest BCUT2D eigenvalue weighted by Crippen LogP contribution is -2.40. The van der Waals surface area contributed by atoms with Crippen molar-refractivity contribution in [3.63, 3.8) is 0 Å². The van der Waals surface area contributed by atoms with Crippen LogP contribution in [0.3, 0.4) is 0 Å². The number of likely N-dealkylation sites (tertiary alicyclic amines) is 1. The maximum atomic E-state index is 12.7. The van der Waals surface area contributed by atoms with E-state index in [1.165, 1.54) is 32.1 Å². The molecule has 1 aromatic carbocycles. The van der Waals surface area contributed by atoms with Gasteiger partial charge in [-0.25, -0.2) is 4.98 Å². The number of rotatable bonds is 3. The van der Waals surface area contributed by atoms with Crippen LogP contribution in [0.2, 0.25) is 0 Å². The number of nitrogens with zero attached hydrogens (tertiary/aromatic N) is 2. The van der Waals surface area contributed by atoms with E-state index in [1.807, 2.05) is 24.3 Å². The number of oxazole rings is 1. The Labute approximate surface area is 143 Å². The van der Waals surface area contributed by atoms with Gasteiger partial charge in [0.25, 0.3) is 0 Å². The molecule has 0 unspecified atom stereocenters. The lowest BCUT2D eigenvalue weighted by atomic mass is 9.86. The molecule has 1 atom stereocenters. The summed E-state index contributed by atoms with van der Waals surface area (Å²) in [7, 11) is 0. The Bertz CT molecular complexity index is 669. The minimum absolute atomic E-state index is 0.237. The average Bonchev–Trinajstić information content (AvgIpc) is 3.07. The minimum Gasteiger partial charge on any atom is -0.440 e. The Morgan fingerprint density at radius 1 is 1.12 bits per heavy atom. The number of hydrogen-bond acceptors (Lipinski definition) is 3. The number of benzene rings is 1. The number of fused-ring (bicyclic) bond motifs is 1. The standard InChI is InChI=1S/C20H26N2O2/c23-19(13-15-7-2-1-3-8-15)22-12-6-9-16(14-22)20-21-17-10-4-5-11-18(17)24-20/h4-5,10-11,15-16H,1-3,6-9,12-14H2/t16-/m0/s1. The number of aromatic nitrogens is 1. The second kappa shape index (κ2) is 6.96. The summed E-state index contributed by atoms with van der Waals surface area (Å²) < 4.78 is 5.94. The van der Waals surface area contributed by atoms with Crippen LogP contribution in [-0.4, -0.2) is 28.9 Å². The van der Waals surface area contributed by atoms with Crippen LogP contribution in [-0.2, 0) is 4.79 Å². The van der Waals surface area contributed by atoms with E-state index < -0.39 is 0 Å². The zero-order valence-corrected chi connectivity index (χ0v) is 14.2. The third-order valence-corrected chi connectivity index (χ3v) is 5.62. The summed E-state index contributed by atoms with van der Waals surface area (Å²) in [5.41, 5.74) is 1.76. The van der Waals surface area contributed by atoms with Crippen LogP contribution < -0.4 is 0 Å². The van der Waals surface area contributed by atoms with Crippen molar-refractivity contribution in [2.45, 2.75) is 57.3 Å². The van der Waals surface area contributed by atoms with E-state index in [0.717, 1.165) is 49.3 Å². The number of carbonyl (C=O) groups is 1. The molecule has 0 radical (unpaired) electrons. The van der Waals surface area contributed by atoms with E-state index in [2.05, 4.69) is 9.88 Å². The molecule has 4 heteroatoms. The molecule has 0 bridgehead atoms. The molecular formula is C20H26N2O2. The molecule has 2 fully saturated rings. The quantitative estimate of drug-likeness (QED) is 0.834. The number of para-hydroxylation sites is 2. The first-order valence-corrected chi connectivity index (χ1v) is 9.43. The zero-order chi connectivity index (χ0) is 16.4. The molecule has 2 aliphatic rings. The summed E-state index contributed by atoms with van der Waals surface area (Å²) in [5.74, 6) is 1.98. The van der Waals surface area contributed by atoms with E-state index in [1.54, 1.807) is 0 Å². The van der Waals surface area contributed by atoms with Crippen molar-refractivity contribution in [2.24, 2.45) is 5.92 Å².